The molecule has 0 aromatic heterocycles. The number of nitrogens with zero attached hydrogens (tertiary/aromatic N) is 2. The van der Waals surface area contributed by atoms with Crippen LogP contribution in [-0.2, 0) is 15.0 Å². The summed E-state index contributed by atoms with van der Waals surface area (Å²) in [7, 11) is 0. The fourth-order valence-corrected chi connectivity index (χ4v) is 5.20. The molecular formula is C23H30N2O3. The third-order valence-electron chi connectivity index (χ3n) is 6.94. The van der Waals surface area contributed by atoms with Crippen molar-refractivity contribution in [3.8, 4) is 0 Å². The SMILES string of the molecule is CC1(c2ccccc2)C(=O)N(C2CCCCC2)C(=O)N(C2CCCCC2)C1=O. The van der Waals surface area contributed by atoms with Gasteiger partial charge in [0.1, 0.15) is 0 Å². The van der Waals surface area contributed by atoms with Gasteiger partial charge in [-0.05, 0) is 38.2 Å². The fraction of sp³-hybridized carbons (Fsp3) is 0.609. The molecule has 0 unspecified atom stereocenters. The molecule has 0 bridgehead atoms. The number of rotatable bonds is 3. The van der Waals surface area contributed by atoms with Crippen molar-refractivity contribution in [3.05, 3.63) is 35.9 Å². The van der Waals surface area contributed by atoms with E-state index < -0.39 is 5.41 Å². The minimum atomic E-state index is -1.33. The first kappa shape index (κ1) is 19.2. The van der Waals surface area contributed by atoms with E-state index in [1.165, 1.54) is 9.80 Å². The molecule has 1 aromatic carbocycles. The number of amides is 4. The molecule has 3 aliphatic rings. The van der Waals surface area contributed by atoms with Crippen molar-refractivity contribution in [3.63, 3.8) is 0 Å². The molecule has 4 rings (SSSR count). The fourth-order valence-electron chi connectivity index (χ4n) is 5.20. The summed E-state index contributed by atoms with van der Waals surface area (Å²) in [6, 6.07) is 8.72. The van der Waals surface area contributed by atoms with Crippen LogP contribution in [0.15, 0.2) is 30.3 Å². The van der Waals surface area contributed by atoms with Crippen molar-refractivity contribution in [2.75, 3.05) is 0 Å². The standard InChI is InChI=1S/C23H30N2O3/c1-23(17-11-5-2-6-12-17)20(26)24(18-13-7-3-8-14-18)22(28)25(21(23)27)19-15-9-4-10-16-19/h2,5-6,11-12,18-19H,3-4,7-10,13-16H2,1H3. The summed E-state index contributed by atoms with van der Waals surface area (Å²) in [5, 5.41) is 0. The predicted molar refractivity (Wildman–Crippen MR) is 107 cm³/mol. The highest BCUT2D eigenvalue weighted by Crippen LogP contribution is 2.39. The molecule has 2 saturated carbocycles. The van der Waals surface area contributed by atoms with Gasteiger partial charge < -0.3 is 0 Å². The van der Waals surface area contributed by atoms with Crippen LogP contribution < -0.4 is 0 Å². The number of carbonyl (C=O) groups is 3. The minimum absolute atomic E-state index is 0.0871. The zero-order valence-electron chi connectivity index (χ0n) is 16.7. The second-order valence-corrected chi connectivity index (χ2v) is 8.71. The maximum Gasteiger partial charge on any atom is 0.333 e. The smallest absolute Gasteiger partial charge is 0.273 e. The van der Waals surface area contributed by atoms with Crippen molar-refractivity contribution in [2.24, 2.45) is 0 Å². The number of imide groups is 2. The van der Waals surface area contributed by atoms with Crippen molar-refractivity contribution in [1.82, 2.24) is 9.80 Å². The van der Waals surface area contributed by atoms with Crippen LogP contribution in [-0.4, -0.2) is 39.7 Å². The number of hydrogen-bond acceptors (Lipinski definition) is 3. The van der Waals surface area contributed by atoms with E-state index in [-0.39, 0.29) is 29.9 Å². The summed E-state index contributed by atoms with van der Waals surface area (Å²) in [6.45, 7) is 1.71. The Morgan fingerprint density at radius 1 is 0.714 bits per heavy atom. The largest absolute Gasteiger partial charge is 0.333 e. The van der Waals surface area contributed by atoms with Gasteiger partial charge in [-0.1, -0.05) is 68.9 Å². The van der Waals surface area contributed by atoms with Gasteiger partial charge in [-0.2, -0.15) is 0 Å². The lowest BCUT2D eigenvalue weighted by Crippen LogP contribution is -2.70. The molecule has 1 heterocycles. The summed E-state index contributed by atoms with van der Waals surface area (Å²) in [6.07, 6.45) is 9.78. The number of hydrogen-bond donors (Lipinski definition) is 0. The van der Waals surface area contributed by atoms with E-state index in [0.29, 0.717) is 5.56 Å². The highest BCUT2D eigenvalue weighted by atomic mass is 16.2. The number of benzene rings is 1. The third kappa shape index (κ3) is 3.05. The monoisotopic (exact) mass is 382 g/mol. The molecule has 1 aliphatic heterocycles. The third-order valence-corrected chi connectivity index (χ3v) is 6.94. The normalized spacial score (nSPS) is 24.7. The van der Waals surface area contributed by atoms with Gasteiger partial charge in [0, 0.05) is 12.1 Å². The molecule has 2 aliphatic carbocycles. The van der Waals surface area contributed by atoms with E-state index in [4.69, 9.17) is 0 Å². The van der Waals surface area contributed by atoms with Crippen molar-refractivity contribution in [2.45, 2.75) is 88.6 Å². The zero-order valence-corrected chi connectivity index (χ0v) is 16.7. The molecule has 0 radical (unpaired) electrons. The molecular weight excluding hydrogens is 352 g/mol. The van der Waals surface area contributed by atoms with Gasteiger partial charge in [0.05, 0.1) is 0 Å². The van der Waals surface area contributed by atoms with Gasteiger partial charge in [0.25, 0.3) is 11.8 Å². The predicted octanol–water partition coefficient (Wildman–Crippen LogP) is 4.40. The zero-order chi connectivity index (χ0) is 19.7. The summed E-state index contributed by atoms with van der Waals surface area (Å²) in [5.74, 6) is -0.680. The molecule has 5 heteroatoms. The highest BCUT2D eigenvalue weighted by molar-refractivity contribution is 6.22. The second kappa shape index (κ2) is 7.69. The van der Waals surface area contributed by atoms with Crippen LogP contribution in [0.2, 0.25) is 0 Å². The summed E-state index contributed by atoms with van der Waals surface area (Å²) < 4.78 is 0. The minimum Gasteiger partial charge on any atom is -0.273 e. The van der Waals surface area contributed by atoms with Crippen LogP contribution >= 0.6 is 0 Å². The van der Waals surface area contributed by atoms with Crippen molar-refractivity contribution >= 4 is 17.8 Å². The van der Waals surface area contributed by atoms with E-state index in [1.54, 1.807) is 6.92 Å². The number of carbonyl (C=O) groups excluding carboxylic acids is 3. The Morgan fingerprint density at radius 2 is 1.14 bits per heavy atom. The van der Waals surface area contributed by atoms with Crippen molar-refractivity contribution < 1.29 is 14.4 Å². The molecule has 28 heavy (non-hydrogen) atoms. The number of urea groups is 1. The molecule has 1 saturated heterocycles. The van der Waals surface area contributed by atoms with Crippen molar-refractivity contribution in [1.29, 1.82) is 0 Å². The first-order valence-corrected chi connectivity index (χ1v) is 10.8. The van der Waals surface area contributed by atoms with E-state index in [9.17, 15) is 14.4 Å². The van der Waals surface area contributed by atoms with Crippen LogP contribution in [0.5, 0.6) is 0 Å². The molecule has 1 aromatic rings. The first-order chi connectivity index (χ1) is 13.5. The Bertz CT molecular complexity index is 708. The van der Waals surface area contributed by atoms with Gasteiger partial charge in [-0.25, -0.2) is 4.79 Å². The van der Waals surface area contributed by atoms with Crippen LogP contribution in [0.3, 0.4) is 0 Å². The molecule has 0 N–H and O–H groups in total. The van der Waals surface area contributed by atoms with Crippen LogP contribution in [0.1, 0.15) is 76.7 Å². The topological polar surface area (TPSA) is 57.7 Å². The summed E-state index contributed by atoms with van der Waals surface area (Å²) in [5.41, 5.74) is -0.650. The van der Waals surface area contributed by atoms with Crippen LogP contribution in [0.25, 0.3) is 0 Å². The quantitative estimate of drug-likeness (QED) is 0.728. The Morgan fingerprint density at radius 3 is 1.57 bits per heavy atom. The van der Waals surface area contributed by atoms with Gasteiger partial charge in [0.2, 0.25) is 0 Å². The second-order valence-electron chi connectivity index (χ2n) is 8.71. The Kier molecular flexibility index (Phi) is 5.26. The average Bonchev–Trinajstić information content (AvgIpc) is 2.74. The van der Waals surface area contributed by atoms with Crippen LogP contribution in [0.4, 0.5) is 4.79 Å². The van der Waals surface area contributed by atoms with Gasteiger partial charge >= 0.3 is 6.03 Å². The molecule has 150 valence electrons. The lowest BCUT2D eigenvalue weighted by atomic mass is 9.76. The summed E-state index contributed by atoms with van der Waals surface area (Å²) in [4.78, 5) is 43.7. The van der Waals surface area contributed by atoms with Gasteiger partial charge in [0.15, 0.2) is 5.41 Å². The Hall–Kier alpha value is -2.17. The lowest BCUT2D eigenvalue weighted by molar-refractivity contribution is -0.155. The molecule has 5 nitrogen and oxygen atoms in total. The van der Waals surface area contributed by atoms with Gasteiger partial charge in [-0.3, -0.25) is 19.4 Å². The highest BCUT2D eigenvalue weighted by Gasteiger charge is 2.58. The van der Waals surface area contributed by atoms with E-state index in [1.807, 2.05) is 30.3 Å². The van der Waals surface area contributed by atoms with Gasteiger partial charge in [-0.15, -0.1) is 0 Å². The van der Waals surface area contributed by atoms with E-state index in [0.717, 1.165) is 64.2 Å². The van der Waals surface area contributed by atoms with Crippen LogP contribution in [0, 0.1) is 0 Å². The molecule has 4 amide bonds. The maximum absolute atomic E-state index is 13.7. The lowest BCUT2D eigenvalue weighted by Gasteiger charge is -2.48. The Balaban J connectivity index is 1.78. The Labute approximate surface area is 167 Å². The van der Waals surface area contributed by atoms with E-state index in [2.05, 4.69) is 0 Å². The summed E-state index contributed by atoms with van der Waals surface area (Å²) >= 11 is 0. The molecule has 0 spiro atoms. The average molecular weight is 383 g/mol. The first-order valence-electron chi connectivity index (χ1n) is 10.8. The number of barbiturate groups is 1. The van der Waals surface area contributed by atoms with E-state index >= 15 is 0 Å². The molecule has 3 fully saturated rings. The molecule has 0 atom stereocenters. The maximum atomic E-state index is 13.7.